The summed E-state index contributed by atoms with van der Waals surface area (Å²) in [6.45, 7) is 2.91. The van der Waals surface area contributed by atoms with Gasteiger partial charge < -0.3 is 19.2 Å². The monoisotopic (exact) mass is 445 g/mol. The Bertz CT molecular complexity index is 1170. The number of nitrogens with one attached hydrogen (secondary N) is 1. The topological polar surface area (TPSA) is 111 Å². The van der Waals surface area contributed by atoms with Gasteiger partial charge in [-0.3, -0.25) is 0 Å². The van der Waals surface area contributed by atoms with E-state index in [9.17, 15) is 13.2 Å². The number of anilines is 1. The fourth-order valence-corrected chi connectivity index (χ4v) is 4.94. The molecule has 1 atom stereocenters. The summed E-state index contributed by atoms with van der Waals surface area (Å²) < 4.78 is 43.9. The number of morpholine rings is 1. The number of hydrogen-bond acceptors (Lipinski definition) is 8. The highest BCUT2D eigenvalue weighted by molar-refractivity contribution is 7.89. The van der Waals surface area contributed by atoms with E-state index in [1.54, 1.807) is 0 Å². The van der Waals surface area contributed by atoms with Crippen molar-refractivity contribution in [1.29, 1.82) is 0 Å². The number of hydrogen-bond donors (Lipinski definition) is 1. The van der Waals surface area contributed by atoms with Crippen molar-refractivity contribution in [2.75, 3.05) is 38.7 Å². The van der Waals surface area contributed by atoms with Crippen LogP contribution in [0.3, 0.4) is 0 Å². The number of ether oxygens (including phenoxy) is 2. The molecule has 0 aliphatic carbocycles. The summed E-state index contributed by atoms with van der Waals surface area (Å²) in [6, 6.07) is 10.4. The molecule has 1 aliphatic heterocycles. The van der Waals surface area contributed by atoms with Crippen LogP contribution in [0.5, 0.6) is 0 Å². The number of rotatable bonds is 6. The average Bonchev–Trinajstić information content (AvgIpc) is 3.24. The third kappa shape index (κ3) is 4.27. The van der Waals surface area contributed by atoms with Crippen LogP contribution in [0.4, 0.5) is 5.82 Å². The van der Waals surface area contributed by atoms with Crippen LogP contribution in [0.15, 0.2) is 51.9 Å². The molecular weight excluding hydrogens is 422 g/mol. The zero-order valence-electron chi connectivity index (χ0n) is 17.2. The zero-order chi connectivity index (χ0) is 22.0. The Morgan fingerprint density at radius 3 is 2.68 bits per heavy atom. The fourth-order valence-electron chi connectivity index (χ4n) is 3.40. The minimum Gasteiger partial charge on any atom is -0.465 e. The van der Waals surface area contributed by atoms with E-state index in [2.05, 4.69) is 10.3 Å². The van der Waals surface area contributed by atoms with Crippen LogP contribution in [0.2, 0.25) is 0 Å². The van der Waals surface area contributed by atoms with Crippen LogP contribution in [0, 0.1) is 0 Å². The molecule has 31 heavy (non-hydrogen) atoms. The highest BCUT2D eigenvalue weighted by Crippen LogP contribution is 2.30. The molecule has 1 aliphatic rings. The molecule has 0 spiro atoms. The number of esters is 1. The first kappa shape index (κ1) is 21.3. The first-order valence-electron chi connectivity index (χ1n) is 9.81. The molecule has 1 N–H and O–H groups in total. The molecule has 0 amide bonds. The second kappa shape index (κ2) is 8.66. The van der Waals surface area contributed by atoms with Gasteiger partial charge in [0.25, 0.3) is 0 Å². The van der Waals surface area contributed by atoms with Gasteiger partial charge >= 0.3 is 5.97 Å². The van der Waals surface area contributed by atoms with E-state index >= 15 is 0 Å². The molecular formula is C21H23N3O6S. The molecule has 10 heteroatoms. The lowest BCUT2D eigenvalue weighted by Crippen LogP contribution is -2.41. The molecule has 3 heterocycles. The summed E-state index contributed by atoms with van der Waals surface area (Å²) in [4.78, 5) is 16.1. The highest BCUT2D eigenvalue weighted by Gasteiger charge is 2.31. The Balaban J connectivity index is 1.71. The second-order valence-electron chi connectivity index (χ2n) is 7.13. The average molecular weight is 445 g/mol. The van der Waals surface area contributed by atoms with Crippen molar-refractivity contribution in [3.8, 4) is 0 Å². The predicted molar refractivity (Wildman–Crippen MR) is 113 cm³/mol. The lowest BCUT2D eigenvalue weighted by Gasteiger charge is -2.27. The molecule has 0 bridgehead atoms. The maximum Gasteiger partial charge on any atom is 0.339 e. The van der Waals surface area contributed by atoms with Crippen molar-refractivity contribution < 1.29 is 27.1 Å². The van der Waals surface area contributed by atoms with Gasteiger partial charge in [-0.2, -0.15) is 4.31 Å². The lowest BCUT2D eigenvalue weighted by atomic mass is 10.2. The minimum absolute atomic E-state index is 0.0521. The number of para-hydroxylation sites is 1. The third-order valence-electron chi connectivity index (χ3n) is 5.09. The first-order chi connectivity index (χ1) is 14.9. The summed E-state index contributed by atoms with van der Waals surface area (Å²) >= 11 is 0. The van der Waals surface area contributed by atoms with E-state index in [0.29, 0.717) is 19.0 Å². The maximum absolute atomic E-state index is 13.3. The van der Waals surface area contributed by atoms with E-state index in [1.165, 1.54) is 23.7 Å². The largest absolute Gasteiger partial charge is 0.465 e. The number of aromatic nitrogens is 1. The van der Waals surface area contributed by atoms with Gasteiger partial charge in [-0.15, -0.1) is 0 Å². The van der Waals surface area contributed by atoms with Gasteiger partial charge in [0.15, 0.2) is 0 Å². The number of pyridine rings is 1. The first-order valence-corrected chi connectivity index (χ1v) is 11.3. The molecule has 9 nitrogen and oxygen atoms in total. The summed E-state index contributed by atoms with van der Waals surface area (Å²) in [5, 5.41) is 4.07. The molecule has 0 saturated carbocycles. The third-order valence-corrected chi connectivity index (χ3v) is 7.00. The summed E-state index contributed by atoms with van der Waals surface area (Å²) in [5.74, 6) is 0.102. The molecule has 2 aromatic heterocycles. The van der Waals surface area contributed by atoms with E-state index in [-0.39, 0.29) is 35.4 Å². The Morgan fingerprint density at radius 1 is 1.23 bits per heavy atom. The predicted octanol–water partition coefficient (Wildman–Crippen LogP) is 2.81. The number of carbonyl (C=O) groups excluding carboxylic acids is 1. The van der Waals surface area contributed by atoms with Crippen LogP contribution >= 0.6 is 0 Å². The minimum atomic E-state index is -3.92. The number of nitrogens with zero attached hydrogens (tertiary/aromatic N) is 2. The summed E-state index contributed by atoms with van der Waals surface area (Å²) in [6.07, 6.45) is 1.29. The van der Waals surface area contributed by atoms with Crippen LogP contribution in [0.1, 0.15) is 29.1 Å². The summed E-state index contributed by atoms with van der Waals surface area (Å²) in [5.41, 5.74) is 0.789. The van der Waals surface area contributed by atoms with Crippen LogP contribution < -0.4 is 5.32 Å². The lowest BCUT2D eigenvalue weighted by molar-refractivity contribution is 0.0600. The molecule has 1 aromatic carbocycles. The molecule has 3 aromatic rings. The Morgan fingerprint density at radius 2 is 1.97 bits per heavy atom. The van der Waals surface area contributed by atoms with Gasteiger partial charge in [0.2, 0.25) is 10.0 Å². The standard InChI is InChI=1S/C21H23N3O6S/c1-14(18-11-15-5-3-4-6-17(15)30-18)23-20-19(12-16(13-22-20)21(25)28-2)31(26,27)24-7-9-29-10-8-24/h3-6,11-14H,7-10H2,1-2H3,(H,22,23)/t14-/m1/s1. The Labute approximate surface area is 180 Å². The Kier molecular flexibility index (Phi) is 5.94. The van der Waals surface area contributed by atoms with Gasteiger partial charge in [-0.05, 0) is 25.1 Å². The van der Waals surface area contributed by atoms with Crippen LogP contribution in [-0.2, 0) is 19.5 Å². The molecule has 4 rings (SSSR count). The number of benzene rings is 1. The highest BCUT2D eigenvalue weighted by atomic mass is 32.2. The molecule has 0 unspecified atom stereocenters. The normalized spacial score (nSPS) is 16.2. The van der Waals surface area contributed by atoms with E-state index in [1.807, 2.05) is 37.3 Å². The fraction of sp³-hybridized carbons (Fsp3) is 0.333. The molecule has 164 valence electrons. The second-order valence-corrected chi connectivity index (χ2v) is 9.04. The van der Waals surface area contributed by atoms with Gasteiger partial charge in [0, 0.05) is 24.7 Å². The van der Waals surface area contributed by atoms with Crippen molar-refractivity contribution in [2.24, 2.45) is 0 Å². The molecule has 0 radical (unpaired) electrons. The van der Waals surface area contributed by atoms with Crippen molar-refractivity contribution in [1.82, 2.24) is 9.29 Å². The van der Waals surface area contributed by atoms with E-state index < -0.39 is 16.0 Å². The maximum atomic E-state index is 13.3. The number of carbonyl (C=O) groups is 1. The van der Waals surface area contributed by atoms with Gasteiger partial charge in [-0.1, -0.05) is 18.2 Å². The number of fused-ring (bicyclic) bond motifs is 1. The number of methoxy groups -OCH3 is 1. The SMILES string of the molecule is COC(=O)c1cnc(N[C@H](C)c2cc3ccccc3o2)c(S(=O)(=O)N2CCOCC2)c1. The van der Waals surface area contributed by atoms with Crippen molar-refractivity contribution in [3.63, 3.8) is 0 Å². The van der Waals surface area contributed by atoms with Crippen LogP contribution in [0.25, 0.3) is 11.0 Å². The molecule has 1 fully saturated rings. The van der Waals surface area contributed by atoms with Crippen molar-refractivity contribution in [3.05, 3.63) is 53.9 Å². The molecule has 1 saturated heterocycles. The van der Waals surface area contributed by atoms with Crippen molar-refractivity contribution >= 4 is 32.8 Å². The van der Waals surface area contributed by atoms with E-state index in [0.717, 1.165) is 11.0 Å². The smallest absolute Gasteiger partial charge is 0.339 e. The zero-order valence-corrected chi connectivity index (χ0v) is 18.0. The van der Waals surface area contributed by atoms with Gasteiger partial charge in [0.1, 0.15) is 22.1 Å². The number of furan rings is 1. The quantitative estimate of drug-likeness (QED) is 0.577. The van der Waals surface area contributed by atoms with Gasteiger partial charge in [-0.25, -0.2) is 18.2 Å². The number of sulfonamides is 1. The van der Waals surface area contributed by atoms with E-state index in [4.69, 9.17) is 13.9 Å². The van der Waals surface area contributed by atoms with Crippen LogP contribution in [-0.4, -0.2) is 57.1 Å². The summed E-state index contributed by atoms with van der Waals surface area (Å²) in [7, 11) is -2.69. The Hall–Kier alpha value is -2.95. The van der Waals surface area contributed by atoms with Crippen molar-refractivity contribution in [2.45, 2.75) is 17.9 Å². The van der Waals surface area contributed by atoms with Gasteiger partial charge in [0.05, 0.1) is 31.9 Å².